The van der Waals surface area contributed by atoms with Crippen LogP contribution in [0.3, 0.4) is 0 Å². The number of hydrogen-bond donors (Lipinski definition) is 1. The van der Waals surface area contributed by atoms with Crippen molar-refractivity contribution in [1.29, 1.82) is 0 Å². The minimum Gasteiger partial charge on any atom is -0.315 e. The highest BCUT2D eigenvalue weighted by Crippen LogP contribution is 2.42. The summed E-state index contributed by atoms with van der Waals surface area (Å²) in [4.78, 5) is 0. The quantitative estimate of drug-likeness (QED) is 0.531. The van der Waals surface area contributed by atoms with E-state index in [9.17, 15) is 0 Å². The molecule has 1 N–H and O–H groups in total. The maximum absolute atomic E-state index is 3.58. The normalized spacial score (nSPS) is 15.7. The molecule has 0 aromatic carbocycles. The Morgan fingerprint density at radius 2 is 1.74 bits per heavy atom. The van der Waals surface area contributed by atoms with Crippen molar-refractivity contribution in [2.45, 2.75) is 85.1 Å². The fourth-order valence-corrected chi connectivity index (χ4v) is 18.6. The van der Waals surface area contributed by atoms with E-state index in [4.69, 9.17) is 0 Å². The van der Waals surface area contributed by atoms with Gasteiger partial charge in [-0.05, 0) is 31.9 Å². The summed E-state index contributed by atoms with van der Waals surface area (Å²) in [6.07, 6.45) is 1.34. The maximum atomic E-state index is 3.58. The predicted molar refractivity (Wildman–Crippen MR) is 96.3 cm³/mol. The first kappa shape index (κ1) is 19.1. The van der Waals surface area contributed by atoms with Crippen LogP contribution in [0.15, 0.2) is 11.3 Å². The van der Waals surface area contributed by atoms with Gasteiger partial charge in [0.25, 0.3) is 0 Å². The molecule has 1 unspecified atom stereocenters. The molecule has 0 aromatic heterocycles. The Balaban J connectivity index is 5.00. The lowest BCUT2D eigenvalue weighted by molar-refractivity contribution is 0.580. The lowest BCUT2D eigenvalue weighted by atomic mass is 10.2. The number of allylic oxidation sites excluding steroid dienone is 1. The SMILES string of the molecule is CC(C)=C[Si](CCCNC(C)C)([SiH](C)C)C(C)(C)C. The highest BCUT2D eigenvalue weighted by atomic mass is 29.2. The molecule has 0 radical (unpaired) electrons. The van der Waals surface area contributed by atoms with Gasteiger partial charge in [-0.25, -0.2) is 0 Å². The predicted octanol–water partition coefficient (Wildman–Crippen LogP) is 4.69. The van der Waals surface area contributed by atoms with Gasteiger partial charge in [-0.3, -0.25) is 0 Å². The molecule has 0 rings (SSSR count). The third-order valence-electron chi connectivity index (χ3n) is 4.29. The summed E-state index contributed by atoms with van der Waals surface area (Å²) in [7, 11) is -1.91. The summed E-state index contributed by atoms with van der Waals surface area (Å²) in [5, 5.41) is 4.08. The average molecular weight is 300 g/mol. The first-order valence-corrected chi connectivity index (χ1v) is 14.3. The van der Waals surface area contributed by atoms with Gasteiger partial charge in [0.1, 0.15) is 0 Å². The molecule has 0 saturated heterocycles. The summed E-state index contributed by atoms with van der Waals surface area (Å²) in [5.74, 6) is 0. The molecule has 0 saturated carbocycles. The molecule has 0 fully saturated rings. The van der Waals surface area contributed by atoms with Crippen molar-refractivity contribution in [3.05, 3.63) is 11.3 Å². The fraction of sp³-hybridized carbons (Fsp3) is 0.875. The number of hydrogen-bond acceptors (Lipinski definition) is 1. The molecule has 0 aliphatic carbocycles. The van der Waals surface area contributed by atoms with E-state index in [1.54, 1.807) is 5.57 Å². The van der Waals surface area contributed by atoms with E-state index in [0.717, 1.165) is 0 Å². The van der Waals surface area contributed by atoms with Crippen molar-refractivity contribution < 1.29 is 0 Å². The van der Waals surface area contributed by atoms with Crippen LogP contribution in [0.1, 0.15) is 54.9 Å². The zero-order chi connectivity index (χ0) is 15.3. The van der Waals surface area contributed by atoms with Gasteiger partial charge in [0.05, 0.1) is 7.59 Å². The third kappa shape index (κ3) is 5.96. The van der Waals surface area contributed by atoms with Gasteiger partial charge in [-0.1, -0.05) is 65.0 Å². The van der Waals surface area contributed by atoms with E-state index in [0.29, 0.717) is 11.1 Å². The van der Waals surface area contributed by atoms with Gasteiger partial charge in [0.2, 0.25) is 0 Å². The Hall–Kier alpha value is 0.134. The van der Waals surface area contributed by atoms with Crippen LogP contribution in [0.5, 0.6) is 0 Å². The molecule has 3 heteroatoms. The van der Waals surface area contributed by atoms with Gasteiger partial charge in [-0.15, -0.1) is 0 Å². The second kappa shape index (κ2) is 7.79. The van der Waals surface area contributed by atoms with Crippen LogP contribution in [0.2, 0.25) is 24.2 Å². The van der Waals surface area contributed by atoms with E-state index in [1.165, 1.54) is 19.0 Å². The van der Waals surface area contributed by atoms with E-state index in [1.807, 2.05) is 0 Å². The van der Waals surface area contributed by atoms with Crippen molar-refractivity contribution >= 4 is 15.9 Å². The first-order chi connectivity index (χ1) is 8.53. The molecular weight excluding hydrogens is 262 g/mol. The third-order valence-corrected chi connectivity index (χ3v) is 21.6. The van der Waals surface area contributed by atoms with Crippen LogP contribution in [0, 0.1) is 0 Å². The summed E-state index contributed by atoms with van der Waals surface area (Å²) in [6.45, 7) is 22.8. The zero-order valence-electron chi connectivity index (χ0n) is 14.9. The van der Waals surface area contributed by atoms with Crippen LogP contribution < -0.4 is 5.32 Å². The Kier molecular flexibility index (Phi) is 7.85. The Morgan fingerprint density at radius 1 is 1.21 bits per heavy atom. The molecule has 1 atom stereocenters. The standard InChI is InChI=1S/C16H37NSi2/c1-14(2)13-19(18(8)9,16(5,6)7)12-10-11-17-15(3)4/h13,15,17-18H,10-12H2,1-9H3. The molecule has 0 heterocycles. The highest BCUT2D eigenvalue weighted by Gasteiger charge is 2.44. The second-order valence-corrected chi connectivity index (χ2v) is 21.1. The molecule has 0 amide bonds. The molecule has 0 aliphatic heterocycles. The van der Waals surface area contributed by atoms with Crippen molar-refractivity contribution in [3.63, 3.8) is 0 Å². The second-order valence-electron chi connectivity index (χ2n) is 7.88. The Morgan fingerprint density at radius 3 is 2.05 bits per heavy atom. The summed E-state index contributed by atoms with van der Waals surface area (Å²) in [5.41, 5.74) is 4.28. The Bertz CT molecular complexity index is 286. The fourth-order valence-electron chi connectivity index (χ4n) is 3.27. The van der Waals surface area contributed by atoms with Crippen LogP contribution in [-0.2, 0) is 0 Å². The monoisotopic (exact) mass is 299 g/mol. The topological polar surface area (TPSA) is 12.0 Å². The number of rotatable bonds is 7. The van der Waals surface area contributed by atoms with Gasteiger partial charge in [0, 0.05) is 14.4 Å². The highest BCUT2D eigenvalue weighted by molar-refractivity contribution is 7.35. The largest absolute Gasteiger partial charge is 0.315 e. The van der Waals surface area contributed by atoms with E-state index >= 15 is 0 Å². The molecule has 0 spiro atoms. The first-order valence-electron chi connectivity index (χ1n) is 7.92. The molecule has 0 aromatic rings. The van der Waals surface area contributed by atoms with Crippen LogP contribution in [0.4, 0.5) is 0 Å². The molecule has 114 valence electrons. The van der Waals surface area contributed by atoms with E-state index in [2.05, 4.69) is 72.6 Å². The molecular formula is C16H37NSi2. The van der Waals surface area contributed by atoms with Gasteiger partial charge < -0.3 is 5.32 Å². The lowest BCUT2D eigenvalue weighted by Gasteiger charge is -2.45. The maximum Gasteiger partial charge on any atom is 0.0720 e. The van der Waals surface area contributed by atoms with Gasteiger partial charge in [-0.2, -0.15) is 0 Å². The van der Waals surface area contributed by atoms with E-state index < -0.39 is 15.9 Å². The van der Waals surface area contributed by atoms with Crippen LogP contribution >= 0.6 is 0 Å². The Labute approximate surface area is 124 Å². The van der Waals surface area contributed by atoms with Crippen molar-refractivity contribution in [2.75, 3.05) is 6.54 Å². The number of nitrogens with one attached hydrogen (secondary N) is 1. The molecule has 0 bridgehead atoms. The zero-order valence-corrected chi connectivity index (χ0v) is 17.0. The van der Waals surface area contributed by atoms with Gasteiger partial charge in [0.15, 0.2) is 0 Å². The van der Waals surface area contributed by atoms with Crippen molar-refractivity contribution in [1.82, 2.24) is 5.32 Å². The average Bonchev–Trinajstić information content (AvgIpc) is 2.19. The summed E-state index contributed by atoms with van der Waals surface area (Å²) >= 11 is 0. The lowest BCUT2D eigenvalue weighted by Crippen LogP contribution is -2.54. The van der Waals surface area contributed by atoms with Crippen LogP contribution in [-0.4, -0.2) is 28.5 Å². The minimum absolute atomic E-state index is 0.502. The van der Waals surface area contributed by atoms with Crippen LogP contribution in [0.25, 0.3) is 0 Å². The van der Waals surface area contributed by atoms with E-state index in [-0.39, 0.29) is 0 Å². The molecule has 19 heavy (non-hydrogen) atoms. The summed E-state index contributed by atoms with van der Waals surface area (Å²) in [6, 6.07) is 2.08. The summed E-state index contributed by atoms with van der Waals surface area (Å²) < 4.78 is 0. The van der Waals surface area contributed by atoms with Gasteiger partial charge >= 0.3 is 0 Å². The van der Waals surface area contributed by atoms with Crippen molar-refractivity contribution in [3.8, 4) is 0 Å². The minimum atomic E-state index is -1.27. The smallest absolute Gasteiger partial charge is 0.0720 e. The molecule has 1 nitrogen and oxygen atoms in total. The van der Waals surface area contributed by atoms with Crippen molar-refractivity contribution in [2.24, 2.45) is 0 Å². The molecule has 0 aliphatic rings.